The molecule has 0 radical (unpaired) electrons. The number of hydrogen-bond donors (Lipinski definition) is 5. The van der Waals surface area contributed by atoms with Crippen LogP contribution in [0.2, 0.25) is 5.15 Å². The minimum Gasteiger partial charge on any atom is -0.472 e. The van der Waals surface area contributed by atoms with Crippen molar-refractivity contribution >= 4 is 122 Å². The van der Waals surface area contributed by atoms with E-state index in [1.54, 1.807) is 53.7 Å². The molecule has 4 saturated carbocycles. The smallest absolute Gasteiger partial charge is 0.408 e. The van der Waals surface area contributed by atoms with Gasteiger partial charge in [0.1, 0.15) is 46.2 Å². The summed E-state index contributed by atoms with van der Waals surface area (Å²) in [5, 5.41) is 19.5. The second-order valence-electron chi connectivity index (χ2n) is 32.2. The normalized spacial score (nSPS) is 27.0. The lowest BCUT2D eigenvalue weighted by atomic mass is 9.91. The quantitative estimate of drug-likeness (QED) is 0.0483. The van der Waals surface area contributed by atoms with E-state index >= 15 is 0 Å². The molecule has 4 aliphatic carbocycles. The number of ether oxygens (including phenoxy) is 3. The van der Waals surface area contributed by atoms with Crippen molar-refractivity contribution in [1.29, 1.82) is 0 Å². The minimum atomic E-state index is -3.87. The highest BCUT2D eigenvalue weighted by atomic mass is 35.5. The molecule has 0 bridgehead atoms. The number of halogens is 3. The van der Waals surface area contributed by atoms with Gasteiger partial charge in [-0.3, -0.25) is 38.2 Å². The Hall–Kier alpha value is -8.73. The summed E-state index contributed by atoms with van der Waals surface area (Å²) in [4.78, 5) is 121. The molecule has 6 aromatic rings. The maximum Gasteiger partial charge on any atom is 0.408 e. The number of fused-ring (bicyclic) bond motifs is 10. The fourth-order valence-electron chi connectivity index (χ4n) is 15.2. The Morgan fingerprint density at radius 2 is 0.991 bits per heavy atom. The molecule has 24 nitrogen and oxygen atoms in total. The first-order valence-electron chi connectivity index (χ1n) is 37.7. The minimum absolute atomic E-state index is 0.0162. The Balaban J connectivity index is 0.000000174. The molecule has 6 fully saturated rings. The molecule has 10 atom stereocenters. The summed E-state index contributed by atoms with van der Waals surface area (Å²) < 4.78 is 100. The molecule has 8 aliphatic rings. The van der Waals surface area contributed by atoms with Gasteiger partial charge in [-0.1, -0.05) is 110 Å². The fraction of sp³-hybridized carbons (Fsp3) is 0.525. The molecule has 109 heavy (non-hydrogen) atoms. The van der Waals surface area contributed by atoms with Gasteiger partial charge in [-0.25, -0.2) is 45.2 Å². The van der Waals surface area contributed by atoms with Crippen LogP contribution in [-0.4, -0.2) is 160 Å². The van der Waals surface area contributed by atoms with Gasteiger partial charge in [0.2, 0.25) is 49.6 Å². The number of aliphatic hydroxyl groups is 1. The Morgan fingerprint density at radius 3 is 1.47 bits per heavy atom. The second-order valence-corrected chi connectivity index (χ2v) is 36.5. The molecule has 29 heteroatoms. The molecule has 6 amide bonds. The number of para-hydroxylation sites is 2. The number of nitrogens with zero attached hydrogens (tertiary/aromatic N) is 4. The first-order chi connectivity index (χ1) is 51.6. The number of sulfonamides is 2. The first kappa shape index (κ1) is 79.8. The average molecular weight is 1560 g/mol. The summed E-state index contributed by atoms with van der Waals surface area (Å²) in [6, 6.07) is 20.0. The number of allylic oxidation sites excluding steroid dienone is 4. The second kappa shape index (κ2) is 32.3. The predicted octanol–water partition coefficient (Wildman–Crippen LogP) is 12.0. The molecule has 0 unspecified atom stereocenters. The fourth-order valence-corrected chi connectivity index (χ4v) is 18.3. The maximum absolute atomic E-state index is 14.6. The predicted molar refractivity (Wildman–Crippen MR) is 405 cm³/mol. The van der Waals surface area contributed by atoms with Crippen LogP contribution in [0.1, 0.15) is 170 Å². The van der Waals surface area contributed by atoms with Crippen molar-refractivity contribution in [3.63, 3.8) is 0 Å². The van der Waals surface area contributed by atoms with E-state index in [0.29, 0.717) is 92.1 Å². The highest BCUT2D eigenvalue weighted by Gasteiger charge is 2.63. The van der Waals surface area contributed by atoms with Crippen molar-refractivity contribution in [3.8, 4) is 5.88 Å². The van der Waals surface area contributed by atoms with Crippen molar-refractivity contribution < 1.29 is 83.3 Å². The molecule has 2 saturated heterocycles. The van der Waals surface area contributed by atoms with Crippen LogP contribution >= 0.6 is 11.6 Å². The Morgan fingerprint density at radius 1 is 0.550 bits per heavy atom. The zero-order chi connectivity index (χ0) is 78.1. The highest BCUT2D eigenvalue weighted by Crippen LogP contribution is 2.59. The van der Waals surface area contributed by atoms with Crippen LogP contribution in [0.5, 0.6) is 5.88 Å². The molecule has 5 N–H and O–H groups in total. The third kappa shape index (κ3) is 19.2. The van der Waals surface area contributed by atoms with E-state index in [2.05, 4.69) is 25.1 Å². The number of aromatic nitrogens is 2. The van der Waals surface area contributed by atoms with Crippen LogP contribution < -0.4 is 24.8 Å². The Bertz CT molecular complexity index is 4850. The van der Waals surface area contributed by atoms with E-state index in [1.807, 2.05) is 72.8 Å². The van der Waals surface area contributed by atoms with Gasteiger partial charge in [-0.15, -0.1) is 0 Å². The zero-order valence-corrected chi connectivity index (χ0v) is 64.4. The number of amides is 6. The van der Waals surface area contributed by atoms with Crippen LogP contribution in [0.15, 0.2) is 109 Å². The highest BCUT2D eigenvalue weighted by molar-refractivity contribution is 7.91. The SMILES string of the molecule is CC(C)(C)OC(=O)N[C@H]1CCCCC/C=C\[C@@H]2C[C@@]2(C(=O)NS(=O)(=O)C2CC2)CC(=O)[C@@H]2C[C@@H](O)CN2C1=O.CC(C)(C)OC(=O)N[C@H]1CCCCC/C=C\[C@@H]2C[C@@]2(C(=O)NS(=O)(=O)C2CC2)CC(=O)[C@@H]2C[C@@H](Oc3nc4ccccc4c4ccc(F)cc34)CN2C1=O.Fc1ccc2c(c1)c(Cl)nc1ccccc12. The van der Waals surface area contributed by atoms with Crippen LogP contribution in [0, 0.1) is 34.3 Å². The standard InChI is InChI=1S/C40H47FN4O8S.C27H41N3O8S.C13H7ClFN/c1-39(2,3)53-38(49)43-32-14-8-6-4-5-7-11-24-21-40(24,37(48)44-54(50,51)27-16-17-27)22-34(46)33-20-26(23-45(33)36(32)47)52-35-30-19-25(41)15-18-28(30)29-12-9-10-13-31(29)42-35;1-26(2,3)38-25(35)28-20-10-8-6-4-5-7-9-17-14-27(17,24(34)29-39(36,37)19-11-12-19)15-22(32)21-13-18(31)16-30(21)23(20)33;14-13-11-7-8(15)5-6-9(11)10-3-1-2-4-12(10)16-13/h7,9-13,15,18-19,24,26-27,32-33H,4-6,8,14,16-17,20-23H2,1-3H3,(H,43,49)(H,44,48);7,9,17-21,31H,4-6,8,10-16H2,1-3H3,(H,28,35)(H,29,34);1-7H/b11-7-;9-7-;/t24-,26-,32+,33+,40-;17-,18-,20+,21+,27-;/m11./s1. The molecule has 2 aromatic heterocycles. The van der Waals surface area contributed by atoms with Crippen molar-refractivity contribution in [2.24, 2.45) is 22.7 Å². The number of benzene rings is 4. The summed E-state index contributed by atoms with van der Waals surface area (Å²) in [5.74, 6) is -4.44. The number of alkyl carbamates (subject to hydrolysis) is 2. The molecule has 4 aromatic carbocycles. The molecule has 584 valence electrons. The van der Waals surface area contributed by atoms with Gasteiger partial charge in [0.15, 0.2) is 11.6 Å². The van der Waals surface area contributed by atoms with Gasteiger partial charge >= 0.3 is 12.2 Å². The monoisotopic (exact) mass is 1560 g/mol. The van der Waals surface area contributed by atoms with Gasteiger partial charge in [-0.05, 0) is 178 Å². The first-order valence-corrected chi connectivity index (χ1v) is 41.1. The number of nitrogens with one attached hydrogen (secondary N) is 4. The van der Waals surface area contributed by atoms with Crippen LogP contribution in [0.3, 0.4) is 0 Å². The summed E-state index contributed by atoms with van der Waals surface area (Å²) in [5.41, 5.74) is -2.62. The zero-order valence-electron chi connectivity index (χ0n) is 62.0. The molecule has 0 spiro atoms. The lowest BCUT2D eigenvalue weighted by molar-refractivity contribution is -0.140. The number of carbonyl (C=O) groups excluding carboxylic acids is 8. The summed E-state index contributed by atoms with van der Waals surface area (Å²) in [6.45, 7) is 10.2. The van der Waals surface area contributed by atoms with E-state index in [4.69, 9.17) is 30.8 Å². The molecule has 4 aliphatic heterocycles. The van der Waals surface area contributed by atoms with E-state index in [9.17, 15) is 69.1 Å². The van der Waals surface area contributed by atoms with E-state index < -0.39 is 142 Å². The maximum atomic E-state index is 14.6. The number of pyridine rings is 2. The molecular weight excluding hydrogens is 1470 g/mol. The van der Waals surface area contributed by atoms with Crippen LogP contribution in [-0.2, 0) is 58.3 Å². The number of carbonyl (C=O) groups is 8. The third-order valence-electron chi connectivity index (χ3n) is 21.4. The molecular formula is C80H95ClF2N8O16S2. The molecule has 6 heterocycles. The number of rotatable bonds is 10. The number of hydrogen-bond acceptors (Lipinski definition) is 18. The van der Waals surface area contributed by atoms with Crippen molar-refractivity contribution in [3.05, 3.63) is 126 Å². The van der Waals surface area contributed by atoms with E-state index in [0.717, 1.165) is 59.2 Å². The average Bonchev–Trinajstić information content (AvgIpc) is 1.60. The van der Waals surface area contributed by atoms with Gasteiger partial charge in [0, 0.05) is 53.8 Å². The van der Waals surface area contributed by atoms with Gasteiger partial charge in [0.25, 0.3) is 0 Å². The summed E-state index contributed by atoms with van der Waals surface area (Å²) >= 11 is 6.03. The number of ketones is 2. The van der Waals surface area contributed by atoms with Crippen LogP contribution in [0.25, 0.3) is 43.4 Å². The Labute approximate surface area is 637 Å². The third-order valence-corrected chi connectivity index (χ3v) is 25.3. The van der Waals surface area contributed by atoms with Gasteiger partial charge in [0.05, 0.1) is 57.1 Å². The molecule has 14 rings (SSSR count). The van der Waals surface area contributed by atoms with E-state index in [1.165, 1.54) is 34.1 Å². The number of Topliss-reactive ketones (excluding diaryl/α,β-unsaturated/α-hetero) is 2. The lowest BCUT2D eigenvalue weighted by Crippen LogP contribution is -2.53. The van der Waals surface area contributed by atoms with Crippen molar-refractivity contribution in [1.82, 2.24) is 39.8 Å². The van der Waals surface area contributed by atoms with Crippen LogP contribution in [0.4, 0.5) is 18.4 Å². The largest absolute Gasteiger partial charge is 0.472 e. The van der Waals surface area contributed by atoms with Crippen molar-refractivity contribution in [2.45, 2.75) is 228 Å². The van der Waals surface area contributed by atoms with Gasteiger partial charge in [-0.2, -0.15) is 0 Å². The summed E-state index contributed by atoms with van der Waals surface area (Å²) in [6.07, 6.45) is 13.2. The van der Waals surface area contributed by atoms with Crippen molar-refractivity contribution in [2.75, 3.05) is 13.1 Å². The summed E-state index contributed by atoms with van der Waals surface area (Å²) in [7, 11) is -7.66. The number of aliphatic hydroxyl groups excluding tert-OH is 1. The lowest BCUT2D eigenvalue weighted by Gasteiger charge is -2.30. The Kier molecular flexibility index (Phi) is 23.7. The van der Waals surface area contributed by atoms with Gasteiger partial charge < -0.3 is 39.8 Å². The topological polar surface area (TPSA) is 333 Å². The van der Waals surface area contributed by atoms with E-state index in [-0.39, 0.29) is 62.3 Å².